The first kappa shape index (κ1) is 33.7. The summed E-state index contributed by atoms with van der Waals surface area (Å²) in [6, 6.07) is 20.5. The molecule has 4 aromatic rings. The van der Waals surface area contributed by atoms with Crippen LogP contribution in [0.15, 0.2) is 83.9 Å². The van der Waals surface area contributed by atoms with Crippen LogP contribution in [0.25, 0.3) is 34.4 Å². The van der Waals surface area contributed by atoms with Gasteiger partial charge >= 0.3 is 280 Å². The van der Waals surface area contributed by atoms with Gasteiger partial charge in [-0.1, -0.05) is 0 Å². The van der Waals surface area contributed by atoms with E-state index in [-0.39, 0.29) is 23.0 Å². The molecule has 0 bridgehead atoms. The summed E-state index contributed by atoms with van der Waals surface area (Å²) in [7, 11) is 16.8. The first-order valence-electron chi connectivity index (χ1n) is 15.8. The maximum atomic E-state index is 15.8. The van der Waals surface area contributed by atoms with E-state index in [1.807, 2.05) is 24.3 Å². The second kappa shape index (κ2) is 12.0. The van der Waals surface area contributed by atoms with Crippen molar-refractivity contribution < 1.29 is 33.1 Å². The first-order valence-corrected chi connectivity index (χ1v) is 32.1. The van der Waals surface area contributed by atoms with Crippen molar-refractivity contribution in [1.82, 2.24) is 0 Å². The Labute approximate surface area is 278 Å². The molecule has 0 saturated heterocycles. The van der Waals surface area contributed by atoms with E-state index in [2.05, 4.69) is 40.8 Å². The van der Waals surface area contributed by atoms with Gasteiger partial charge in [-0.3, -0.25) is 0 Å². The Morgan fingerprint density at radius 2 is 0.957 bits per heavy atom. The van der Waals surface area contributed by atoms with Crippen molar-refractivity contribution in [3.05, 3.63) is 129 Å². The van der Waals surface area contributed by atoms with Crippen LogP contribution in [0, 0.1) is 35.1 Å². The first-order chi connectivity index (χ1) is 21.7. The Morgan fingerprint density at radius 1 is 0.609 bits per heavy atom. The van der Waals surface area contributed by atoms with Gasteiger partial charge in [-0.05, 0) is 0 Å². The van der Waals surface area contributed by atoms with Crippen molar-refractivity contribution in [1.29, 1.82) is 0 Å². The van der Waals surface area contributed by atoms with E-state index >= 15 is 17.6 Å². The SMILES string of the molecule is CC(C)C1=Cc2c(cc(F)c(F)c2-c2ccccc2)[CH]1[Zr]([Cl])([Cl])([CH]1C(C(C)C)=Cc2c1cc(F)c(F)c2-c1ccccc1)[SiH](C)C. The van der Waals surface area contributed by atoms with Crippen LogP contribution < -0.4 is 0 Å². The predicted octanol–water partition coefficient (Wildman–Crippen LogP) is 12.4. The average Bonchev–Trinajstić information content (AvgIpc) is 3.59. The summed E-state index contributed by atoms with van der Waals surface area (Å²) in [4.78, 5) is 0. The van der Waals surface area contributed by atoms with Crippen LogP contribution in [-0.2, 0) is 15.6 Å². The monoisotopic (exact) mass is 757 g/mol. The van der Waals surface area contributed by atoms with E-state index in [1.54, 1.807) is 48.5 Å². The number of allylic oxidation sites excluding steroid dienone is 2. The van der Waals surface area contributed by atoms with E-state index in [0.29, 0.717) is 33.4 Å². The minimum atomic E-state index is -5.51. The van der Waals surface area contributed by atoms with Crippen LogP contribution in [0.4, 0.5) is 17.6 Å². The Hall–Kier alpha value is -2.24. The summed E-state index contributed by atoms with van der Waals surface area (Å²) in [6.07, 6.45) is 3.94. The summed E-state index contributed by atoms with van der Waals surface area (Å²) >= 11 is -5.51. The minimum absolute atomic E-state index is 0.0394. The van der Waals surface area contributed by atoms with Crippen LogP contribution in [-0.4, -0.2) is 5.92 Å². The van der Waals surface area contributed by atoms with Gasteiger partial charge < -0.3 is 0 Å². The van der Waals surface area contributed by atoms with Gasteiger partial charge in [-0.2, -0.15) is 0 Å². The summed E-state index contributed by atoms with van der Waals surface area (Å²) in [5, 5.41) is 0. The number of benzene rings is 4. The molecular formula is C38H37Cl2F4SiZr. The third kappa shape index (κ3) is 5.00. The molecule has 0 heterocycles. The Bertz CT molecular complexity index is 1780. The number of fused-ring (bicyclic) bond motifs is 2. The number of halogens is 6. The van der Waals surface area contributed by atoms with Crippen molar-refractivity contribution in [3.63, 3.8) is 0 Å². The van der Waals surface area contributed by atoms with Crippen molar-refractivity contribution >= 4 is 35.1 Å². The van der Waals surface area contributed by atoms with E-state index in [4.69, 9.17) is 17.0 Å². The molecule has 0 spiro atoms. The number of hydrogen-bond donors (Lipinski definition) is 0. The molecule has 239 valence electrons. The van der Waals surface area contributed by atoms with Crippen molar-refractivity contribution in [2.24, 2.45) is 11.8 Å². The molecule has 4 aromatic carbocycles. The van der Waals surface area contributed by atoms with Crippen LogP contribution in [0.5, 0.6) is 0 Å². The zero-order chi connectivity index (χ0) is 33.3. The molecule has 0 aromatic heterocycles. The third-order valence-electron chi connectivity index (χ3n) is 10.2. The molecule has 46 heavy (non-hydrogen) atoms. The van der Waals surface area contributed by atoms with Gasteiger partial charge in [0.2, 0.25) is 0 Å². The van der Waals surface area contributed by atoms with Gasteiger partial charge in [0.25, 0.3) is 0 Å². The summed E-state index contributed by atoms with van der Waals surface area (Å²) in [5.74, 6) is -5.92. The van der Waals surface area contributed by atoms with E-state index in [9.17, 15) is 0 Å². The Balaban J connectivity index is 1.70. The van der Waals surface area contributed by atoms with Crippen molar-refractivity contribution in [2.75, 3.05) is 0 Å². The summed E-state index contributed by atoms with van der Waals surface area (Å²) in [6.45, 7) is 12.5. The zero-order valence-electron chi connectivity index (χ0n) is 26.7. The fourth-order valence-electron chi connectivity index (χ4n) is 7.81. The van der Waals surface area contributed by atoms with E-state index in [1.165, 1.54) is 12.1 Å². The van der Waals surface area contributed by atoms with Gasteiger partial charge in [-0.15, -0.1) is 0 Å². The predicted molar refractivity (Wildman–Crippen MR) is 185 cm³/mol. The summed E-state index contributed by atoms with van der Waals surface area (Å²) in [5.41, 5.74) is 5.79. The molecule has 2 aliphatic rings. The second-order valence-electron chi connectivity index (χ2n) is 13.7. The normalized spacial score (nSPS) is 18.5. The molecule has 0 saturated carbocycles. The van der Waals surface area contributed by atoms with Crippen molar-refractivity contribution in [2.45, 2.75) is 48.0 Å². The Kier molecular flexibility index (Phi) is 8.79. The van der Waals surface area contributed by atoms with Gasteiger partial charge in [0.15, 0.2) is 0 Å². The van der Waals surface area contributed by atoms with Crippen LogP contribution in [0.1, 0.15) is 57.2 Å². The number of rotatable bonds is 7. The molecule has 2 aliphatic carbocycles. The van der Waals surface area contributed by atoms with Gasteiger partial charge in [0.1, 0.15) is 0 Å². The molecule has 2 unspecified atom stereocenters. The van der Waals surface area contributed by atoms with E-state index in [0.717, 1.165) is 11.1 Å². The van der Waals surface area contributed by atoms with Crippen molar-refractivity contribution in [3.8, 4) is 22.3 Å². The molecule has 0 fully saturated rings. The molecule has 0 radical (unpaired) electrons. The van der Waals surface area contributed by atoms with Crippen LogP contribution in [0.3, 0.4) is 0 Å². The van der Waals surface area contributed by atoms with E-state index < -0.39 is 52.0 Å². The quantitative estimate of drug-likeness (QED) is 0.130. The van der Waals surface area contributed by atoms with Gasteiger partial charge in [-0.25, -0.2) is 0 Å². The fraction of sp³-hybridized carbons (Fsp3) is 0.263. The van der Waals surface area contributed by atoms with Gasteiger partial charge in [0, 0.05) is 0 Å². The molecule has 8 heteroatoms. The second-order valence-corrected chi connectivity index (χ2v) is 56.2. The standard InChI is InChI=1S/2C18H15F2.C2H7Si.2ClH.Zr/c2*1-11(2)13-8-14-10-16(19)18(20)17(15(14)9-13)12-6-4-3-5-7-12;1-3-2;;;/h2*3-11H,1-2H3;3H,1-2H3;2*1H;/q;;;;;+2/p-2. The molecule has 2 atom stereocenters. The Morgan fingerprint density at radius 3 is 1.26 bits per heavy atom. The van der Waals surface area contributed by atoms with Crippen LogP contribution in [0.2, 0.25) is 13.1 Å². The molecule has 0 amide bonds. The topological polar surface area (TPSA) is 0 Å². The molecular weight excluding hydrogens is 723 g/mol. The molecule has 0 N–H and O–H groups in total. The average molecular weight is 760 g/mol. The van der Waals surface area contributed by atoms with Gasteiger partial charge in [0.05, 0.1) is 0 Å². The van der Waals surface area contributed by atoms with Crippen LogP contribution >= 0.6 is 17.0 Å². The maximum absolute atomic E-state index is 15.8. The molecule has 0 aliphatic heterocycles. The summed E-state index contributed by atoms with van der Waals surface area (Å²) < 4.78 is 61.9. The zero-order valence-corrected chi connectivity index (χ0v) is 31.9. The fourth-order valence-corrected chi connectivity index (χ4v) is 39.2. The molecule has 6 rings (SSSR count). The third-order valence-corrected chi connectivity index (χ3v) is 61.8. The number of hydrogen-bond acceptors (Lipinski definition) is 0. The molecule has 0 nitrogen and oxygen atoms in total.